The number of anilines is 1. The van der Waals surface area contributed by atoms with Gasteiger partial charge in [-0.15, -0.1) is 0 Å². The third-order valence-electron chi connectivity index (χ3n) is 1.84. The fourth-order valence-electron chi connectivity index (χ4n) is 1.15. The molecule has 15 heavy (non-hydrogen) atoms. The highest BCUT2D eigenvalue weighted by Gasteiger charge is 2.05. The lowest BCUT2D eigenvalue weighted by Gasteiger charge is -2.05. The molecular formula is C10H10N2O2S. The number of aliphatic hydroxyl groups excluding tert-OH is 1. The minimum Gasteiger partial charge on any atom is -0.430 e. The normalized spacial score (nSPS) is 10.2. The summed E-state index contributed by atoms with van der Waals surface area (Å²) in [7, 11) is 0. The van der Waals surface area contributed by atoms with Crippen molar-refractivity contribution in [3.8, 4) is 10.9 Å². The summed E-state index contributed by atoms with van der Waals surface area (Å²) in [5, 5.41) is 10.2. The molecule has 0 saturated heterocycles. The van der Waals surface area contributed by atoms with Crippen molar-refractivity contribution < 1.29 is 9.84 Å². The van der Waals surface area contributed by atoms with Crippen LogP contribution in [0.1, 0.15) is 5.56 Å². The zero-order valence-corrected chi connectivity index (χ0v) is 8.70. The molecule has 0 aliphatic rings. The molecule has 2 rings (SSSR count). The Hall–Kier alpha value is -1.59. The summed E-state index contributed by atoms with van der Waals surface area (Å²) in [6.45, 7) is -0.0585. The topological polar surface area (TPSA) is 68.4 Å². The summed E-state index contributed by atoms with van der Waals surface area (Å²) >= 11 is 1.26. The number of nitrogens with two attached hydrogens (primary N) is 1. The summed E-state index contributed by atoms with van der Waals surface area (Å²) in [5.41, 5.74) is 6.26. The summed E-state index contributed by atoms with van der Waals surface area (Å²) in [5.74, 6) is 0.606. The Labute approximate surface area is 91.0 Å². The van der Waals surface area contributed by atoms with E-state index in [0.717, 1.165) is 5.56 Å². The maximum Gasteiger partial charge on any atom is 0.280 e. The van der Waals surface area contributed by atoms with Gasteiger partial charge in [0.1, 0.15) is 10.8 Å². The highest BCUT2D eigenvalue weighted by Crippen LogP contribution is 2.29. The zero-order chi connectivity index (χ0) is 10.7. The quantitative estimate of drug-likeness (QED) is 0.833. The number of hydrogen-bond acceptors (Lipinski definition) is 5. The first kappa shape index (κ1) is 9.95. The predicted octanol–water partition coefficient (Wildman–Crippen LogP) is 2.01. The first-order chi connectivity index (χ1) is 7.29. The number of hydrogen-bond donors (Lipinski definition) is 2. The maximum atomic E-state index is 9.08. The molecule has 0 aliphatic carbocycles. The molecule has 0 fully saturated rings. The molecule has 0 bridgehead atoms. The van der Waals surface area contributed by atoms with Crippen LogP contribution in [0.2, 0.25) is 0 Å². The number of aromatic nitrogens is 1. The number of benzene rings is 1. The number of thiazole rings is 1. The molecule has 78 valence electrons. The Bertz CT molecular complexity index is 456. The van der Waals surface area contributed by atoms with E-state index in [-0.39, 0.29) is 6.61 Å². The summed E-state index contributed by atoms with van der Waals surface area (Å²) < 4.78 is 5.49. The highest BCUT2D eigenvalue weighted by atomic mass is 32.1. The van der Waals surface area contributed by atoms with Crippen molar-refractivity contribution in [3.63, 3.8) is 0 Å². The fraction of sp³-hybridized carbons (Fsp3) is 0.100. The van der Waals surface area contributed by atoms with Crippen LogP contribution < -0.4 is 10.5 Å². The number of aliphatic hydroxyl groups is 1. The minimum atomic E-state index is -0.0585. The van der Waals surface area contributed by atoms with Crippen molar-refractivity contribution in [2.24, 2.45) is 0 Å². The molecule has 0 spiro atoms. The predicted molar refractivity (Wildman–Crippen MR) is 59.0 cm³/mol. The Kier molecular flexibility index (Phi) is 2.84. The number of nitrogen functional groups attached to an aromatic ring is 1. The van der Waals surface area contributed by atoms with Crippen LogP contribution in [0.15, 0.2) is 30.5 Å². The Morgan fingerprint density at radius 3 is 2.87 bits per heavy atom. The molecule has 1 aromatic heterocycles. The van der Waals surface area contributed by atoms with Crippen molar-refractivity contribution in [2.75, 3.05) is 5.73 Å². The van der Waals surface area contributed by atoms with E-state index in [2.05, 4.69) is 4.98 Å². The van der Waals surface area contributed by atoms with E-state index >= 15 is 0 Å². The largest absolute Gasteiger partial charge is 0.430 e. The number of nitrogens with zero attached hydrogens (tertiary/aromatic N) is 1. The van der Waals surface area contributed by atoms with Gasteiger partial charge in [-0.1, -0.05) is 29.5 Å². The lowest BCUT2D eigenvalue weighted by molar-refractivity contribution is 0.276. The second kappa shape index (κ2) is 4.29. The van der Waals surface area contributed by atoms with Gasteiger partial charge in [0.15, 0.2) is 0 Å². The summed E-state index contributed by atoms with van der Waals surface area (Å²) in [6, 6.07) is 7.26. The molecule has 0 radical (unpaired) electrons. The first-order valence-corrected chi connectivity index (χ1v) is 5.19. The van der Waals surface area contributed by atoms with Gasteiger partial charge in [0, 0.05) is 5.56 Å². The molecule has 0 amide bonds. The molecule has 1 aromatic carbocycles. The molecule has 0 atom stereocenters. The zero-order valence-electron chi connectivity index (χ0n) is 7.88. The summed E-state index contributed by atoms with van der Waals surface area (Å²) in [6.07, 6.45) is 1.54. The van der Waals surface area contributed by atoms with E-state index in [1.54, 1.807) is 18.3 Å². The van der Waals surface area contributed by atoms with Gasteiger partial charge in [-0.2, -0.15) is 0 Å². The van der Waals surface area contributed by atoms with Gasteiger partial charge < -0.3 is 15.6 Å². The van der Waals surface area contributed by atoms with Gasteiger partial charge in [0.05, 0.1) is 12.8 Å². The van der Waals surface area contributed by atoms with Crippen LogP contribution in [-0.2, 0) is 6.61 Å². The fourth-order valence-corrected chi connectivity index (χ4v) is 1.69. The van der Waals surface area contributed by atoms with Crippen molar-refractivity contribution in [2.45, 2.75) is 6.61 Å². The molecule has 4 nitrogen and oxygen atoms in total. The van der Waals surface area contributed by atoms with Gasteiger partial charge in [0.2, 0.25) is 0 Å². The average Bonchev–Trinajstić information content (AvgIpc) is 2.65. The molecule has 0 aliphatic heterocycles. The van der Waals surface area contributed by atoms with Crippen molar-refractivity contribution in [1.82, 2.24) is 4.98 Å². The van der Waals surface area contributed by atoms with Gasteiger partial charge in [-0.3, -0.25) is 0 Å². The van der Waals surface area contributed by atoms with E-state index in [9.17, 15) is 0 Å². The van der Waals surface area contributed by atoms with Crippen molar-refractivity contribution in [1.29, 1.82) is 0 Å². The monoisotopic (exact) mass is 222 g/mol. The molecule has 1 heterocycles. The van der Waals surface area contributed by atoms with Gasteiger partial charge >= 0.3 is 0 Å². The second-order valence-electron chi connectivity index (χ2n) is 2.90. The van der Waals surface area contributed by atoms with Gasteiger partial charge in [0.25, 0.3) is 5.19 Å². The van der Waals surface area contributed by atoms with Gasteiger partial charge in [-0.25, -0.2) is 4.98 Å². The van der Waals surface area contributed by atoms with E-state index in [4.69, 9.17) is 15.6 Å². The Morgan fingerprint density at radius 2 is 2.20 bits per heavy atom. The first-order valence-electron chi connectivity index (χ1n) is 4.37. The van der Waals surface area contributed by atoms with Gasteiger partial charge in [-0.05, 0) is 6.07 Å². The number of para-hydroxylation sites is 1. The van der Waals surface area contributed by atoms with E-state index < -0.39 is 0 Å². The Balaban J connectivity index is 2.23. The number of ether oxygens (including phenoxy) is 1. The van der Waals surface area contributed by atoms with Crippen molar-refractivity contribution in [3.05, 3.63) is 36.0 Å². The third kappa shape index (κ3) is 2.26. The average molecular weight is 222 g/mol. The second-order valence-corrected chi connectivity index (χ2v) is 3.92. The molecule has 5 heteroatoms. The standard InChI is InChI=1S/C10H10N2O2S/c11-9-5-12-10(15-9)14-8-4-2-1-3-7(8)6-13/h1-5,13H,6,11H2. The minimum absolute atomic E-state index is 0.0585. The lowest BCUT2D eigenvalue weighted by Crippen LogP contribution is -1.90. The Morgan fingerprint density at radius 1 is 1.40 bits per heavy atom. The van der Waals surface area contributed by atoms with E-state index in [0.29, 0.717) is 15.9 Å². The highest BCUT2D eigenvalue weighted by molar-refractivity contribution is 7.17. The van der Waals surface area contributed by atoms with E-state index in [1.807, 2.05) is 12.1 Å². The van der Waals surface area contributed by atoms with E-state index in [1.165, 1.54) is 11.3 Å². The molecular weight excluding hydrogens is 212 g/mol. The van der Waals surface area contributed by atoms with Crippen LogP contribution in [0.25, 0.3) is 0 Å². The number of rotatable bonds is 3. The molecule has 0 saturated carbocycles. The van der Waals surface area contributed by atoms with Crippen LogP contribution in [0, 0.1) is 0 Å². The SMILES string of the molecule is Nc1cnc(Oc2ccccc2CO)s1. The van der Waals surface area contributed by atoms with Crippen molar-refractivity contribution >= 4 is 16.3 Å². The maximum absolute atomic E-state index is 9.08. The summed E-state index contributed by atoms with van der Waals surface area (Å²) in [4.78, 5) is 3.98. The van der Waals surface area contributed by atoms with Crippen LogP contribution in [0.3, 0.4) is 0 Å². The lowest BCUT2D eigenvalue weighted by atomic mass is 10.2. The molecule has 3 N–H and O–H groups in total. The smallest absolute Gasteiger partial charge is 0.280 e. The van der Waals surface area contributed by atoms with Crippen LogP contribution in [0.4, 0.5) is 5.00 Å². The van der Waals surface area contributed by atoms with Crippen LogP contribution >= 0.6 is 11.3 Å². The third-order valence-corrected chi connectivity index (χ3v) is 2.55. The molecule has 2 aromatic rings. The van der Waals surface area contributed by atoms with Crippen LogP contribution in [-0.4, -0.2) is 10.1 Å². The van der Waals surface area contributed by atoms with Crippen LogP contribution in [0.5, 0.6) is 10.9 Å². The molecule has 0 unspecified atom stereocenters.